The Kier molecular flexibility index (Phi) is 3.03. The quantitative estimate of drug-likeness (QED) is 0.810. The average molecular weight is 272 g/mol. The van der Waals surface area contributed by atoms with Crippen LogP contribution in [0.15, 0.2) is 24.3 Å². The molecule has 0 heterocycles. The summed E-state index contributed by atoms with van der Waals surface area (Å²) in [5, 5.41) is 3.19. The second kappa shape index (κ2) is 4.51. The van der Waals surface area contributed by atoms with Gasteiger partial charge < -0.3 is 11.1 Å². The second-order valence-corrected chi connectivity index (χ2v) is 7.07. The zero-order chi connectivity index (χ0) is 14.4. The zero-order valence-corrected chi connectivity index (χ0v) is 12.4. The van der Waals surface area contributed by atoms with E-state index in [4.69, 9.17) is 5.73 Å². The van der Waals surface area contributed by atoms with E-state index in [2.05, 4.69) is 5.32 Å². The monoisotopic (exact) mass is 272 g/mol. The third kappa shape index (κ3) is 2.41. The molecule has 1 aromatic carbocycles. The van der Waals surface area contributed by atoms with E-state index in [0.29, 0.717) is 5.41 Å². The van der Waals surface area contributed by atoms with Crippen molar-refractivity contribution in [2.45, 2.75) is 44.9 Å². The van der Waals surface area contributed by atoms with Crippen LogP contribution in [0.2, 0.25) is 0 Å². The van der Waals surface area contributed by atoms with Gasteiger partial charge in [-0.1, -0.05) is 12.1 Å². The molecule has 0 radical (unpaired) electrons. The molecule has 3 N–H and O–H groups in total. The number of rotatable bonds is 5. The minimum atomic E-state index is -0.507. The first kappa shape index (κ1) is 13.5. The van der Waals surface area contributed by atoms with Crippen molar-refractivity contribution in [1.82, 2.24) is 5.32 Å². The Morgan fingerprint density at radius 1 is 1.30 bits per heavy atom. The maximum absolute atomic E-state index is 12.5. The van der Waals surface area contributed by atoms with E-state index in [1.54, 1.807) is 0 Å². The van der Waals surface area contributed by atoms with Crippen LogP contribution in [0.4, 0.5) is 5.69 Å². The fourth-order valence-corrected chi connectivity index (χ4v) is 3.09. The minimum Gasteiger partial charge on any atom is -0.399 e. The van der Waals surface area contributed by atoms with Crippen LogP contribution in [0.5, 0.6) is 0 Å². The molecule has 2 fully saturated rings. The van der Waals surface area contributed by atoms with Gasteiger partial charge >= 0.3 is 0 Å². The van der Waals surface area contributed by atoms with Gasteiger partial charge in [-0.05, 0) is 68.6 Å². The van der Waals surface area contributed by atoms with Gasteiger partial charge in [-0.2, -0.15) is 0 Å². The van der Waals surface area contributed by atoms with Crippen molar-refractivity contribution in [3.63, 3.8) is 0 Å². The fraction of sp³-hybridized carbons (Fsp3) is 0.588. The number of nitrogen functional groups attached to an aromatic ring is 1. The van der Waals surface area contributed by atoms with Gasteiger partial charge in [0.15, 0.2) is 0 Å². The van der Waals surface area contributed by atoms with Crippen molar-refractivity contribution in [2.75, 3.05) is 12.3 Å². The Labute approximate surface area is 120 Å². The molecule has 0 atom stereocenters. The molecule has 2 aliphatic carbocycles. The summed E-state index contributed by atoms with van der Waals surface area (Å²) in [7, 11) is 0. The van der Waals surface area contributed by atoms with Crippen molar-refractivity contribution >= 4 is 11.6 Å². The highest BCUT2D eigenvalue weighted by Gasteiger charge is 2.53. The molecule has 0 aliphatic heterocycles. The highest BCUT2D eigenvalue weighted by molar-refractivity contribution is 5.87. The van der Waals surface area contributed by atoms with E-state index in [1.165, 1.54) is 25.7 Å². The number of hydrogen-bond acceptors (Lipinski definition) is 2. The molecule has 108 valence electrons. The minimum absolute atomic E-state index is 0.120. The molecule has 1 aromatic rings. The van der Waals surface area contributed by atoms with Crippen LogP contribution in [0.3, 0.4) is 0 Å². The van der Waals surface area contributed by atoms with E-state index in [1.807, 2.05) is 38.1 Å². The van der Waals surface area contributed by atoms with Crippen LogP contribution >= 0.6 is 0 Å². The molecule has 0 unspecified atom stereocenters. The summed E-state index contributed by atoms with van der Waals surface area (Å²) in [5.74, 6) is 0.997. The summed E-state index contributed by atoms with van der Waals surface area (Å²) in [4.78, 5) is 12.5. The molecule has 0 aromatic heterocycles. The van der Waals surface area contributed by atoms with Crippen LogP contribution < -0.4 is 11.1 Å². The Morgan fingerprint density at radius 3 is 2.40 bits per heavy atom. The maximum Gasteiger partial charge on any atom is 0.230 e. The van der Waals surface area contributed by atoms with E-state index < -0.39 is 5.41 Å². The second-order valence-electron chi connectivity index (χ2n) is 7.07. The SMILES string of the molecule is CC(C)(C(=O)NCC1(C2CC2)CC1)c1ccc(N)cc1. The van der Waals surface area contributed by atoms with Crippen molar-refractivity contribution in [3.05, 3.63) is 29.8 Å². The van der Waals surface area contributed by atoms with Crippen LogP contribution in [0, 0.1) is 11.3 Å². The summed E-state index contributed by atoms with van der Waals surface area (Å²) in [6, 6.07) is 7.61. The number of nitrogens with two attached hydrogens (primary N) is 1. The van der Waals surface area contributed by atoms with Crippen molar-refractivity contribution in [2.24, 2.45) is 11.3 Å². The maximum atomic E-state index is 12.5. The lowest BCUT2D eigenvalue weighted by Crippen LogP contribution is -2.42. The summed E-state index contributed by atoms with van der Waals surface area (Å²) >= 11 is 0. The Morgan fingerprint density at radius 2 is 1.90 bits per heavy atom. The molecule has 1 amide bonds. The topological polar surface area (TPSA) is 55.1 Å². The number of carbonyl (C=O) groups is 1. The fourth-order valence-electron chi connectivity index (χ4n) is 3.09. The molecule has 3 nitrogen and oxygen atoms in total. The Bertz CT molecular complexity index is 510. The van der Waals surface area contributed by atoms with Gasteiger partial charge in [0.25, 0.3) is 0 Å². The average Bonchev–Trinajstić information content (AvgIpc) is 3.27. The lowest BCUT2D eigenvalue weighted by atomic mass is 9.83. The number of nitrogens with one attached hydrogen (secondary N) is 1. The number of benzene rings is 1. The van der Waals surface area contributed by atoms with Gasteiger partial charge in [-0.3, -0.25) is 4.79 Å². The highest BCUT2D eigenvalue weighted by atomic mass is 16.2. The Balaban J connectivity index is 1.64. The molecule has 0 spiro atoms. The van der Waals surface area contributed by atoms with E-state index in [0.717, 1.165) is 23.7 Å². The van der Waals surface area contributed by atoms with Crippen LogP contribution in [0.25, 0.3) is 0 Å². The first-order valence-corrected chi connectivity index (χ1v) is 7.58. The number of anilines is 1. The van der Waals surface area contributed by atoms with Crippen LogP contribution in [0.1, 0.15) is 45.1 Å². The highest BCUT2D eigenvalue weighted by Crippen LogP contribution is 2.60. The molecule has 0 saturated heterocycles. The Hall–Kier alpha value is -1.51. The van der Waals surface area contributed by atoms with E-state index in [9.17, 15) is 4.79 Å². The molecule has 2 saturated carbocycles. The van der Waals surface area contributed by atoms with Gasteiger partial charge in [-0.25, -0.2) is 0 Å². The van der Waals surface area contributed by atoms with Crippen molar-refractivity contribution in [1.29, 1.82) is 0 Å². The number of hydrogen-bond donors (Lipinski definition) is 2. The van der Waals surface area contributed by atoms with Gasteiger partial charge in [0.1, 0.15) is 0 Å². The molecule has 3 rings (SSSR count). The van der Waals surface area contributed by atoms with Crippen molar-refractivity contribution < 1.29 is 4.79 Å². The molecular formula is C17H24N2O. The van der Waals surface area contributed by atoms with Crippen LogP contribution in [-0.2, 0) is 10.2 Å². The number of carbonyl (C=O) groups excluding carboxylic acids is 1. The third-order valence-corrected chi connectivity index (χ3v) is 5.14. The van der Waals surface area contributed by atoms with E-state index >= 15 is 0 Å². The molecular weight excluding hydrogens is 248 g/mol. The molecule has 20 heavy (non-hydrogen) atoms. The van der Waals surface area contributed by atoms with Crippen LogP contribution in [-0.4, -0.2) is 12.5 Å². The largest absolute Gasteiger partial charge is 0.399 e. The summed E-state index contributed by atoms with van der Waals surface area (Å²) in [6.45, 7) is 4.81. The normalized spacial score (nSPS) is 20.5. The summed E-state index contributed by atoms with van der Waals surface area (Å²) < 4.78 is 0. The predicted molar refractivity (Wildman–Crippen MR) is 81.3 cm³/mol. The lowest BCUT2D eigenvalue weighted by Gasteiger charge is -2.26. The van der Waals surface area contributed by atoms with Crippen molar-refractivity contribution in [3.8, 4) is 0 Å². The van der Waals surface area contributed by atoms with Gasteiger partial charge in [-0.15, -0.1) is 0 Å². The standard InChI is InChI=1S/C17H24N2O/c1-16(2,12-5-7-14(18)8-6-12)15(20)19-11-17(9-10-17)13-3-4-13/h5-8,13H,3-4,9-11,18H2,1-2H3,(H,19,20). The number of amides is 1. The lowest BCUT2D eigenvalue weighted by molar-refractivity contribution is -0.126. The van der Waals surface area contributed by atoms with E-state index in [-0.39, 0.29) is 5.91 Å². The molecule has 3 heteroatoms. The van der Waals surface area contributed by atoms with Gasteiger partial charge in [0, 0.05) is 12.2 Å². The van der Waals surface area contributed by atoms with Gasteiger partial charge in [0.05, 0.1) is 5.41 Å². The summed E-state index contributed by atoms with van der Waals surface area (Å²) in [5.41, 5.74) is 7.40. The molecule has 0 bridgehead atoms. The van der Waals surface area contributed by atoms with Gasteiger partial charge in [0.2, 0.25) is 5.91 Å². The smallest absolute Gasteiger partial charge is 0.230 e. The first-order chi connectivity index (χ1) is 9.44. The predicted octanol–water partition coefficient (Wildman–Crippen LogP) is 2.85. The zero-order valence-electron chi connectivity index (χ0n) is 12.4. The third-order valence-electron chi connectivity index (χ3n) is 5.14. The molecule has 2 aliphatic rings. The first-order valence-electron chi connectivity index (χ1n) is 7.58. The summed E-state index contributed by atoms with van der Waals surface area (Å²) in [6.07, 6.45) is 5.30.